The molecule has 0 saturated heterocycles. The zero-order chi connectivity index (χ0) is 18.4. The molecule has 0 unspecified atom stereocenters. The van der Waals surface area contributed by atoms with Crippen molar-refractivity contribution in [3.8, 4) is 0 Å². The number of carbonyl (C=O) groups is 1. The number of aliphatic hydroxyl groups is 1. The van der Waals surface area contributed by atoms with E-state index in [4.69, 9.17) is 5.11 Å². The second-order valence-corrected chi connectivity index (χ2v) is 8.25. The summed E-state index contributed by atoms with van der Waals surface area (Å²) in [6.45, 7) is 3.58. The number of amides is 1. The van der Waals surface area contributed by atoms with E-state index >= 15 is 0 Å². The van der Waals surface area contributed by atoms with Crippen molar-refractivity contribution in [2.75, 3.05) is 24.7 Å². The third kappa shape index (κ3) is 4.41. The second kappa shape index (κ2) is 9.42. The van der Waals surface area contributed by atoms with Gasteiger partial charge in [-0.3, -0.25) is 4.79 Å². The molecule has 0 radical (unpaired) electrons. The van der Waals surface area contributed by atoms with Gasteiger partial charge in [-0.15, -0.1) is 0 Å². The van der Waals surface area contributed by atoms with Gasteiger partial charge in [-0.25, -0.2) is 4.98 Å². The summed E-state index contributed by atoms with van der Waals surface area (Å²) in [6, 6.07) is 6.12. The van der Waals surface area contributed by atoms with Crippen molar-refractivity contribution in [2.45, 2.75) is 51.6 Å². The number of imidazole rings is 1. The first-order chi connectivity index (χ1) is 12.7. The SMILES string of the molecule is CCSCCN(C(=O)c1ccc2c(c1)ncn2CCO)C1CCCCC1. The van der Waals surface area contributed by atoms with Crippen LogP contribution in [0.15, 0.2) is 24.5 Å². The van der Waals surface area contributed by atoms with Crippen molar-refractivity contribution in [3.63, 3.8) is 0 Å². The predicted molar refractivity (Wildman–Crippen MR) is 108 cm³/mol. The van der Waals surface area contributed by atoms with Crippen LogP contribution in [0.25, 0.3) is 11.0 Å². The van der Waals surface area contributed by atoms with E-state index in [1.165, 1.54) is 19.3 Å². The molecule has 2 aromatic rings. The first-order valence-electron chi connectivity index (χ1n) is 9.69. The van der Waals surface area contributed by atoms with E-state index < -0.39 is 0 Å². The van der Waals surface area contributed by atoms with Gasteiger partial charge in [0.05, 0.1) is 24.0 Å². The Morgan fingerprint density at radius 2 is 2.15 bits per heavy atom. The monoisotopic (exact) mass is 375 g/mol. The van der Waals surface area contributed by atoms with Crippen LogP contribution in [0.4, 0.5) is 0 Å². The molecule has 0 atom stereocenters. The molecule has 1 saturated carbocycles. The van der Waals surface area contributed by atoms with E-state index in [1.807, 2.05) is 34.5 Å². The van der Waals surface area contributed by atoms with E-state index in [0.717, 1.165) is 47.5 Å². The highest BCUT2D eigenvalue weighted by Gasteiger charge is 2.26. The van der Waals surface area contributed by atoms with Gasteiger partial charge >= 0.3 is 0 Å². The fourth-order valence-corrected chi connectivity index (χ4v) is 4.41. The average Bonchev–Trinajstić information content (AvgIpc) is 3.08. The van der Waals surface area contributed by atoms with Gasteiger partial charge in [0.15, 0.2) is 0 Å². The van der Waals surface area contributed by atoms with Gasteiger partial charge in [-0.1, -0.05) is 26.2 Å². The van der Waals surface area contributed by atoms with Gasteiger partial charge in [-0.2, -0.15) is 11.8 Å². The Hall–Kier alpha value is -1.53. The predicted octanol–water partition coefficient (Wildman–Crippen LogP) is 3.56. The van der Waals surface area contributed by atoms with Crippen molar-refractivity contribution < 1.29 is 9.90 Å². The number of thioether (sulfide) groups is 1. The Balaban J connectivity index is 1.81. The normalized spacial score (nSPS) is 15.5. The fraction of sp³-hybridized carbons (Fsp3) is 0.600. The van der Waals surface area contributed by atoms with E-state index in [-0.39, 0.29) is 12.5 Å². The maximum atomic E-state index is 13.3. The van der Waals surface area contributed by atoms with Crippen LogP contribution in [0.3, 0.4) is 0 Å². The van der Waals surface area contributed by atoms with Gasteiger partial charge in [0, 0.05) is 30.4 Å². The van der Waals surface area contributed by atoms with Crippen LogP contribution in [0.1, 0.15) is 49.4 Å². The van der Waals surface area contributed by atoms with Crippen molar-refractivity contribution in [3.05, 3.63) is 30.1 Å². The summed E-state index contributed by atoms with van der Waals surface area (Å²) in [4.78, 5) is 19.8. The summed E-state index contributed by atoms with van der Waals surface area (Å²) >= 11 is 1.89. The van der Waals surface area contributed by atoms with Gasteiger partial charge in [0.2, 0.25) is 0 Å². The number of benzene rings is 1. The lowest BCUT2D eigenvalue weighted by atomic mass is 9.93. The summed E-state index contributed by atoms with van der Waals surface area (Å²) < 4.78 is 1.92. The van der Waals surface area contributed by atoms with E-state index in [1.54, 1.807) is 6.33 Å². The smallest absolute Gasteiger partial charge is 0.254 e. The minimum atomic E-state index is 0.0801. The lowest BCUT2D eigenvalue weighted by molar-refractivity contribution is 0.0650. The number of aliphatic hydroxyl groups excluding tert-OH is 1. The van der Waals surface area contributed by atoms with Crippen molar-refractivity contribution in [1.82, 2.24) is 14.5 Å². The van der Waals surface area contributed by atoms with Crippen molar-refractivity contribution in [1.29, 1.82) is 0 Å². The topological polar surface area (TPSA) is 58.4 Å². The van der Waals surface area contributed by atoms with Crippen LogP contribution < -0.4 is 0 Å². The largest absolute Gasteiger partial charge is 0.395 e. The molecule has 1 fully saturated rings. The molecule has 142 valence electrons. The Bertz CT molecular complexity index is 725. The minimum Gasteiger partial charge on any atom is -0.395 e. The van der Waals surface area contributed by atoms with Crippen molar-refractivity contribution in [2.24, 2.45) is 0 Å². The third-order valence-corrected chi connectivity index (χ3v) is 6.05. The molecule has 5 nitrogen and oxygen atoms in total. The molecular weight excluding hydrogens is 346 g/mol. The minimum absolute atomic E-state index is 0.0801. The zero-order valence-electron chi connectivity index (χ0n) is 15.6. The molecule has 26 heavy (non-hydrogen) atoms. The van der Waals surface area contributed by atoms with Gasteiger partial charge in [0.25, 0.3) is 5.91 Å². The molecule has 1 aliphatic rings. The maximum absolute atomic E-state index is 13.3. The zero-order valence-corrected chi connectivity index (χ0v) is 16.4. The van der Waals surface area contributed by atoms with E-state index in [2.05, 4.69) is 16.8 Å². The standard InChI is InChI=1S/C20H29N3O2S/c1-2-26-13-11-23(17-6-4-3-5-7-17)20(25)16-8-9-19-18(14-16)21-15-22(19)10-12-24/h8-9,14-15,17,24H,2-7,10-13H2,1H3. The molecule has 0 aliphatic heterocycles. The maximum Gasteiger partial charge on any atom is 0.254 e. The van der Waals surface area contributed by atoms with Crippen LogP contribution >= 0.6 is 11.8 Å². The summed E-state index contributed by atoms with van der Waals surface area (Å²) in [5.41, 5.74) is 2.50. The highest BCUT2D eigenvalue weighted by Crippen LogP contribution is 2.25. The number of hydrogen-bond donors (Lipinski definition) is 1. The summed E-state index contributed by atoms with van der Waals surface area (Å²) in [6.07, 6.45) is 7.70. The number of aromatic nitrogens is 2. The summed E-state index contributed by atoms with van der Waals surface area (Å²) in [5.74, 6) is 2.21. The number of nitrogens with zero attached hydrogens (tertiary/aromatic N) is 3. The lowest BCUT2D eigenvalue weighted by Crippen LogP contribution is -2.42. The molecule has 1 N–H and O–H groups in total. The number of rotatable bonds is 8. The Kier molecular flexibility index (Phi) is 6.97. The average molecular weight is 376 g/mol. The molecule has 1 aromatic carbocycles. The highest BCUT2D eigenvalue weighted by molar-refractivity contribution is 7.99. The lowest BCUT2D eigenvalue weighted by Gasteiger charge is -2.34. The van der Waals surface area contributed by atoms with E-state index in [0.29, 0.717) is 12.6 Å². The molecule has 1 aliphatic carbocycles. The quantitative estimate of drug-likeness (QED) is 0.717. The molecule has 1 aromatic heterocycles. The number of fused-ring (bicyclic) bond motifs is 1. The molecule has 1 amide bonds. The summed E-state index contributed by atoms with van der Waals surface area (Å²) in [7, 11) is 0. The molecule has 1 heterocycles. The molecule has 0 bridgehead atoms. The first-order valence-corrected chi connectivity index (χ1v) is 10.8. The number of hydrogen-bond acceptors (Lipinski definition) is 4. The van der Waals surface area contributed by atoms with Crippen LogP contribution in [0.5, 0.6) is 0 Å². The third-order valence-electron chi connectivity index (χ3n) is 5.17. The number of carbonyl (C=O) groups excluding carboxylic acids is 1. The van der Waals surface area contributed by atoms with Crippen LogP contribution in [-0.2, 0) is 6.54 Å². The van der Waals surface area contributed by atoms with Gasteiger partial charge < -0.3 is 14.6 Å². The Morgan fingerprint density at radius 3 is 2.88 bits per heavy atom. The van der Waals surface area contributed by atoms with Gasteiger partial charge in [-0.05, 0) is 36.8 Å². The molecular formula is C20H29N3O2S. The molecule has 6 heteroatoms. The first kappa shape index (κ1) is 19.2. The van der Waals surface area contributed by atoms with Crippen LogP contribution in [0.2, 0.25) is 0 Å². The highest BCUT2D eigenvalue weighted by atomic mass is 32.2. The Labute approximate surface area is 159 Å². The Morgan fingerprint density at radius 1 is 1.35 bits per heavy atom. The van der Waals surface area contributed by atoms with Crippen LogP contribution in [-0.4, -0.2) is 56.2 Å². The van der Waals surface area contributed by atoms with Gasteiger partial charge in [0.1, 0.15) is 0 Å². The summed E-state index contributed by atoms with van der Waals surface area (Å²) in [5, 5.41) is 9.15. The van der Waals surface area contributed by atoms with E-state index in [9.17, 15) is 4.79 Å². The fourth-order valence-electron chi connectivity index (χ4n) is 3.80. The second-order valence-electron chi connectivity index (χ2n) is 6.85. The van der Waals surface area contributed by atoms with Crippen LogP contribution in [0, 0.1) is 0 Å². The molecule has 0 spiro atoms. The van der Waals surface area contributed by atoms with Crippen molar-refractivity contribution >= 4 is 28.7 Å². The molecule has 3 rings (SSSR count).